The fourth-order valence-corrected chi connectivity index (χ4v) is 1.65. The lowest BCUT2D eigenvalue weighted by molar-refractivity contribution is 0.109. The van der Waals surface area contributed by atoms with E-state index in [2.05, 4.69) is 20.1 Å². The van der Waals surface area contributed by atoms with Gasteiger partial charge in [0.15, 0.2) is 0 Å². The van der Waals surface area contributed by atoms with Gasteiger partial charge in [-0.15, -0.1) is 0 Å². The molecule has 11 heavy (non-hydrogen) atoms. The van der Waals surface area contributed by atoms with Crippen molar-refractivity contribution >= 4 is 11.8 Å². The van der Waals surface area contributed by atoms with E-state index in [1.165, 1.54) is 6.42 Å². The summed E-state index contributed by atoms with van der Waals surface area (Å²) in [6, 6.07) is 0. The normalized spacial score (nSPS) is 16.4. The first-order chi connectivity index (χ1) is 5.22. The molecule has 2 atom stereocenters. The molecule has 1 N–H and O–H groups in total. The molecule has 0 spiro atoms. The van der Waals surface area contributed by atoms with Gasteiger partial charge in [-0.25, -0.2) is 0 Å². The molecular formula is C9H20OS. The van der Waals surface area contributed by atoms with Crippen LogP contribution in [0.2, 0.25) is 0 Å². The van der Waals surface area contributed by atoms with Gasteiger partial charge in [0.05, 0.1) is 6.10 Å². The summed E-state index contributed by atoms with van der Waals surface area (Å²) in [5.41, 5.74) is 0. The first-order valence-electron chi connectivity index (χ1n) is 4.39. The van der Waals surface area contributed by atoms with Crippen molar-refractivity contribution in [3.63, 3.8) is 0 Å². The zero-order valence-corrected chi connectivity index (χ0v) is 8.66. The number of thioether (sulfide) groups is 1. The van der Waals surface area contributed by atoms with Crippen LogP contribution in [-0.2, 0) is 0 Å². The van der Waals surface area contributed by atoms with Crippen LogP contribution in [0, 0.1) is 5.92 Å². The van der Waals surface area contributed by atoms with E-state index >= 15 is 0 Å². The molecule has 2 heteroatoms. The van der Waals surface area contributed by atoms with E-state index in [1.54, 1.807) is 11.8 Å². The molecule has 0 aromatic heterocycles. The lowest BCUT2D eigenvalue weighted by Gasteiger charge is -2.17. The van der Waals surface area contributed by atoms with Crippen molar-refractivity contribution in [3.8, 4) is 0 Å². The third-order valence-electron chi connectivity index (χ3n) is 2.02. The molecular weight excluding hydrogens is 156 g/mol. The van der Waals surface area contributed by atoms with E-state index < -0.39 is 0 Å². The van der Waals surface area contributed by atoms with Gasteiger partial charge in [-0.2, -0.15) is 11.8 Å². The van der Waals surface area contributed by atoms with Crippen molar-refractivity contribution in [2.45, 2.75) is 39.2 Å². The molecule has 1 nitrogen and oxygen atoms in total. The molecule has 0 bridgehead atoms. The highest BCUT2D eigenvalue weighted by molar-refractivity contribution is 7.98. The molecule has 0 aliphatic rings. The molecule has 0 aromatic carbocycles. The molecule has 0 fully saturated rings. The maximum absolute atomic E-state index is 9.57. The van der Waals surface area contributed by atoms with Crippen LogP contribution in [0.4, 0.5) is 0 Å². The zero-order chi connectivity index (χ0) is 8.69. The molecule has 0 radical (unpaired) electrons. The molecule has 0 rings (SSSR count). The lowest BCUT2D eigenvalue weighted by atomic mass is 9.98. The van der Waals surface area contributed by atoms with Gasteiger partial charge in [0.2, 0.25) is 0 Å². The average Bonchev–Trinajstić information content (AvgIpc) is 2.00. The topological polar surface area (TPSA) is 20.2 Å². The van der Waals surface area contributed by atoms with E-state index in [0.29, 0.717) is 5.92 Å². The van der Waals surface area contributed by atoms with Gasteiger partial charge in [-0.1, -0.05) is 20.3 Å². The largest absolute Gasteiger partial charge is 0.393 e. The molecule has 0 aliphatic heterocycles. The molecule has 0 aliphatic carbocycles. The van der Waals surface area contributed by atoms with E-state index in [-0.39, 0.29) is 6.10 Å². The maximum atomic E-state index is 9.57. The molecule has 0 aromatic rings. The number of hydrogen-bond donors (Lipinski definition) is 1. The van der Waals surface area contributed by atoms with Crippen LogP contribution >= 0.6 is 11.8 Å². The van der Waals surface area contributed by atoms with Crippen LogP contribution in [0.5, 0.6) is 0 Å². The Balaban J connectivity index is 3.38. The van der Waals surface area contributed by atoms with Crippen molar-refractivity contribution < 1.29 is 5.11 Å². The second-order valence-corrected chi connectivity index (χ2v) is 4.10. The SMILES string of the molecule is CCCC(C)C(O)CCSC. The third-order valence-corrected chi connectivity index (χ3v) is 2.66. The number of aliphatic hydroxyl groups excluding tert-OH is 1. The quantitative estimate of drug-likeness (QED) is 0.671. The highest BCUT2D eigenvalue weighted by Gasteiger charge is 2.11. The second kappa shape index (κ2) is 6.99. The molecule has 0 heterocycles. The highest BCUT2D eigenvalue weighted by atomic mass is 32.2. The maximum Gasteiger partial charge on any atom is 0.0573 e. The first-order valence-corrected chi connectivity index (χ1v) is 5.78. The third kappa shape index (κ3) is 5.57. The van der Waals surface area contributed by atoms with Crippen molar-refractivity contribution in [1.82, 2.24) is 0 Å². The molecule has 2 unspecified atom stereocenters. The van der Waals surface area contributed by atoms with Crippen LogP contribution in [0.1, 0.15) is 33.1 Å². The Labute approximate surface area is 74.6 Å². The first kappa shape index (κ1) is 11.3. The van der Waals surface area contributed by atoms with Gasteiger partial charge >= 0.3 is 0 Å². The highest BCUT2D eigenvalue weighted by Crippen LogP contribution is 2.14. The van der Waals surface area contributed by atoms with E-state index in [1.807, 2.05) is 0 Å². The van der Waals surface area contributed by atoms with Crippen molar-refractivity contribution in [2.75, 3.05) is 12.0 Å². The minimum Gasteiger partial charge on any atom is -0.393 e. The van der Waals surface area contributed by atoms with Gasteiger partial charge in [-0.05, 0) is 30.8 Å². The summed E-state index contributed by atoms with van der Waals surface area (Å²) < 4.78 is 0. The predicted molar refractivity (Wildman–Crippen MR) is 53.1 cm³/mol. The van der Waals surface area contributed by atoms with E-state index in [9.17, 15) is 5.11 Å². The van der Waals surface area contributed by atoms with Crippen molar-refractivity contribution in [1.29, 1.82) is 0 Å². The van der Waals surface area contributed by atoms with E-state index in [4.69, 9.17) is 0 Å². The summed E-state index contributed by atoms with van der Waals surface area (Å²) in [6.45, 7) is 4.30. The Bertz CT molecular complexity index is 85.6. The minimum absolute atomic E-state index is 0.0811. The van der Waals surface area contributed by atoms with Crippen LogP contribution in [-0.4, -0.2) is 23.2 Å². The molecule has 68 valence electrons. The minimum atomic E-state index is -0.0811. The summed E-state index contributed by atoms with van der Waals surface area (Å²) in [5, 5.41) is 9.57. The Morgan fingerprint density at radius 2 is 2.00 bits per heavy atom. The van der Waals surface area contributed by atoms with Gasteiger partial charge in [0.25, 0.3) is 0 Å². The van der Waals surface area contributed by atoms with Crippen molar-refractivity contribution in [3.05, 3.63) is 0 Å². The van der Waals surface area contributed by atoms with Gasteiger partial charge < -0.3 is 5.11 Å². The summed E-state index contributed by atoms with van der Waals surface area (Å²) >= 11 is 1.81. The monoisotopic (exact) mass is 176 g/mol. The van der Waals surface area contributed by atoms with Gasteiger partial charge in [0.1, 0.15) is 0 Å². The molecule has 0 saturated carbocycles. The van der Waals surface area contributed by atoms with Crippen LogP contribution in [0.15, 0.2) is 0 Å². The second-order valence-electron chi connectivity index (χ2n) is 3.11. The fraction of sp³-hybridized carbons (Fsp3) is 1.00. The van der Waals surface area contributed by atoms with Crippen LogP contribution in [0.25, 0.3) is 0 Å². The lowest BCUT2D eigenvalue weighted by Crippen LogP contribution is -2.17. The molecule has 0 saturated heterocycles. The predicted octanol–water partition coefficient (Wildman–Crippen LogP) is 2.54. The summed E-state index contributed by atoms with van der Waals surface area (Å²) in [7, 11) is 0. The number of hydrogen-bond acceptors (Lipinski definition) is 2. The fourth-order valence-electron chi connectivity index (χ4n) is 1.17. The van der Waals surface area contributed by atoms with Crippen LogP contribution < -0.4 is 0 Å². The van der Waals surface area contributed by atoms with E-state index in [0.717, 1.165) is 18.6 Å². The Kier molecular flexibility index (Phi) is 7.18. The summed E-state index contributed by atoms with van der Waals surface area (Å²) in [4.78, 5) is 0. The summed E-state index contributed by atoms with van der Waals surface area (Å²) in [6.07, 6.45) is 5.27. The number of aliphatic hydroxyl groups is 1. The van der Waals surface area contributed by atoms with Crippen molar-refractivity contribution in [2.24, 2.45) is 5.92 Å². The van der Waals surface area contributed by atoms with Gasteiger partial charge in [-0.3, -0.25) is 0 Å². The number of rotatable bonds is 6. The zero-order valence-electron chi connectivity index (χ0n) is 7.84. The van der Waals surface area contributed by atoms with Gasteiger partial charge in [0, 0.05) is 0 Å². The Morgan fingerprint density at radius 1 is 1.36 bits per heavy atom. The summed E-state index contributed by atoms with van der Waals surface area (Å²) in [5.74, 6) is 1.56. The standard InChI is InChI=1S/C9H20OS/c1-4-5-8(2)9(10)6-7-11-3/h8-10H,4-7H2,1-3H3. The Morgan fingerprint density at radius 3 is 2.45 bits per heavy atom. The molecule has 0 amide bonds. The Hall–Kier alpha value is 0.310. The average molecular weight is 176 g/mol. The van der Waals surface area contributed by atoms with Crippen LogP contribution in [0.3, 0.4) is 0 Å². The smallest absolute Gasteiger partial charge is 0.0573 e.